The van der Waals surface area contributed by atoms with Gasteiger partial charge >= 0.3 is 0 Å². The molecule has 5 heteroatoms. The van der Waals surface area contributed by atoms with Crippen LogP contribution in [0.25, 0.3) is 0 Å². The van der Waals surface area contributed by atoms with Crippen molar-refractivity contribution in [1.82, 2.24) is 9.97 Å². The number of hydrogen-bond acceptors (Lipinski definition) is 5. The van der Waals surface area contributed by atoms with Gasteiger partial charge in [-0.3, -0.25) is 0 Å². The van der Waals surface area contributed by atoms with E-state index in [2.05, 4.69) is 27.5 Å². The minimum absolute atomic E-state index is 0.493. The Morgan fingerprint density at radius 2 is 2.11 bits per heavy atom. The predicted octanol–water partition coefficient (Wildman–Crippen LogP) is 2.91. The summed E-state index contributed by atoms with van der Waals surface area (Å²) in [5.41, 5.74) is 0. The molecule has 1 aliphatic carbocycles. The predicted molar refractivity (Wildman–Crippen MR) is 77.8 cm³/mol. The number of hydrogen-bond donors (Lipinski definition) is 2. The lowest BCUT2D eigenvalue weighted by molar-refractivity contribution is 0.326. The SMILES string of the molecule is CCC1CCCC(Nc2ncnc(NC)c2OC)C1. The first kappa shape index (κ1) is 13.9. The molecule has 0 aliphatic heterocycles. The second-order valence-electron chi connectivity index (χ2n) is 5.14. The number of methoxy groups -OCH3 is 1. The van der Waals surface area contributed by atoms with E-state index < -0.39 is 0 Å². The fourth-order valence-corrected chi connectivity index (χ4v) is 2.83. The van der Waals surface area contributed by atoms with Crippen molar-refractivity contribution in [3.05, 3.63) is 6.33 Å². The number of rotatable bonds is 5. The average Bonchev–Trinajstić information content (AvgIpc) is 2.47. The maximum atomic E-state index is 5.41. The van der Waals surface area contributed by atoms with E-state index in [1.165, 1.54) is 32.1 Å². The van der Waals surface area contributed by atoms with E-state index in [9.17, 15) is 0 Å². The lowest BCUT2D eigenvalue weighted by atomic mass is 9.84. The minimum Gasteiger partial charge on any atom is -0.490 e. The molecule has 5 nitrogen and oxygen atoms in total. The van der Waals surface area contributed by atoms with Crippen molar-refractivity contribution in [2.24, 2.45) is 5.92 Å². The summed E-state index contributed by atoms with van der Waals surface area (Å²) in [6, 6.07) is 0.493. The van der Waals surface area contributed by atoms with Crippen molar-refractivity contribution in [2.45, 2.75) is 45.1 Å². The Morgan fingerprint density at radius 1 is 1.32 bits per heavy atom. The second kappa shape index (κ2) is 6.59. The molecule has 0 radical (unpaired) electrons. The average molecular weight is 264 g/mol. The van der Waals surface area contributed by atoms with Gasteiger partial charge in [-0.1, -0.05) is 26.2 Å². The second-order valence-corrected chi connectivity index (χ2v) is 5.14. The summed E-state index contributed by atoms with van der Waals surface area (Å²) in [4.78, 5) is 8.48. The first-order valence-electron chi connectivity index (χ1n) is 7.11. The summed E-state index contributed by atoms with van der Waals surface area (Å²) < 4.78 is 5.41. The maximum absolute atomic E-state index is 5.41. The molecule has 2 rings (SSSR count). The molecule has 0 spiro atoms. The van der Waals surface area contributed by atoms with E-state index in [-0.39, 0.29) is 0 Å². The van der Waals surface area contributed by atoms with Crippen LogP contribution in [0.5, 0.6) is 5.75 Å². The monoisotopic (exact) mass is 264 g/mol. The summed E-state index contributed by atoms with van der Waals surface area (Å²) in [6.07, 6.45) is 7.91. The molecule has 0 aromatic carbocycles. The number of aromatic nitrogens is 2. The van der Waals surface area contributed by atoms with Crippen LogP contribution in [0.3, 0.4) is 0 Å². The van der Waals surface area contributed by atoms with Crippen LogP contribution < -0.4 is 15.4 Å². The van der Waals surface area contributed by atoms with Crippen LogP contribution in [0, 0.1) is 5.92 Å². The van der Waals surface area contributed by atoms with Crippen molar-refractivity contribution in [3.63, 3.8) is 0 Å². The molecule has 1 heterocycles. The normalized spacial score (nSPS) is 22.9. The molecule has 1 aromatic rings. The van der Waals surface area contributed by atoms with Gasteiger partial charge in [-0.15, -0.1) is 0 Å². The van der Waals surface area contributed by atoms with E-state index >= 15 is 0 Å². The molecule has 0 saturated heterocycles. The molecule has 106 valence electrons. The van der Waals surface area contributed by atoms with Gasteiger partial charge < -0.3 is 15.4 Å². The molecule has 2 N–H and O–H groups in total. The molecule has 0 bridgehead atoms. The Kier molecular flexibility index (Phi) is 4.82. The Labute approximate surface area is 115 Å². The highest BCUT2D eigenvalue weighted by Gasteiger charge is 2.22. The number of nitrogens with zero attached hydrogens (tertiary/aromatic N) is 2. The van der Waals surface area contributed by atoms with E-state index in [1.54, 1.807) is 13.4 Å². The lowest BCUT2D eigenvalue weighted by Gasteiger charge is -2.29. The van der Waals surface area contributed by atoms with Crippen molar-refractivity contribution in [2.75, 3.05) is 24.8 Å². The molecule has 1 saturated carbocycles. The van der Waals surface area contributed by atoms with Crippen molar-refractivity contribution < 1.29 is 4.74 Å². The smallest absolute Gasteiger partial charge is 0.204 e. The van der Waals surface area contributed by atoms with E-state index in [1.807, 2.05) is 7.05 Å². The van der Waals surface area contributed by atoms with Gasteiger partial charge in [0, 0.05) is 13.1 Å². The molecule has 2 atom stereocenters. The minimum atomic E-state index is 0.493. The summed E-state index contributed by atoms with van der Waals surface area (Å²) in [6.45, 7) is 2.28. The summed E-state index contributed by atoms with van der Waals surface area (Å²) in [5, 5.41) is 6.55. The topological polar surface area (TPSA) is 59.1 Å². The molecular weight excluding hydrogens is 240 g/mol. The van der Waals surface area contributed by atoms with Gasteiger partial charge in [0.05, 0.1) is 7.11 Å². The van der Waals surface area contributed by atoms with Crippen molar-refractivity contribution in [3.8, 4) is 5.75 Å². The Bertz CT molecular complexity index is 410. The van der Waals surface area contributed by atoms with Gasteiger partial charge in [-0.25, -0.2) is 9.97 Å². The van der Waals surface area contributed by atoms with E-state index in [4.69, 9.17) is 4.74 Å². The third-order valence-corrected chi connectivity index (χ3v) is 3.95. The number of nitrogens with one attached hydrogen (secondary N) is 2. The van der Waals surface area contributed by atoms with Crippen LogP contribution in [0.15, 0.2) is 6.33 Å². The zero-order chi connectivity index (χ0) is 13.7. The van der Waals surface area contributed by atoms with Gasteiger partial charge in [-0.05, 0) is 18.8 Å². The largest absolute Gasteiger partial charge is 0.490 e. The number of ether oxygens (including phenoxy) is 1. The van der Waals surface area contributed by atoms with Gasteiger partial charge in [-0.2, -0.15) is 0 Å². The Morgan fingerprint density at radius 3 is 2.79 bits per heavy atom. The van der Waals surface area contributed by atoms with Gasteiger partial charge in [0.15, 0.2) is 11.6 Å². The molecule has 2 unspecified atom stereocenters. The molecule has 1 aromatic heterocycles. The van der Waals surface area contributed by atoms with Crippen molar-refractivity contribution in [1.29, 1.82) is 0 Å². The highest BCUT2D eigenvalue weighted by Crippen LogP contribution is 2.33. The first-order valence-corrected chi connectivity index (χ1v) is 7.11. The molecule has 1 fully saturated rings. The molecule has 1 aliphatic rings. The van der Waals surface area contributed by atoms with Crippen LogP contribution in [-0.2, 0) is 0 Å². The highest BCUT2D eigenvalue weighted by atomic mass is 16.5. The van der Waals surface area contributed by atoms with Crippen LogP contribution in [0.2, 0.25) is 0 Å². The third-order valence-electron chi connectivity index (χ3n) is 3.95. The van der Waals surface area contributed by atoms with Crippen LogP contribution in [-0.4, -0.2) is 30.2 Å². The molecular formula is C14H24N4O. The molecule has 19 heavy (non-hydrogen) atoms. The summed E-state index contributed by atoms with van der Waals surface area (Å²) in [5.74, 6) is 3.05. The van der Waals surface area contributed by atoms with Gasteiger partial charge in [0.1, 0.15) is 6.33 Å². The third kappa shape index (κ3) is 3.28. The number of anilines is 2. The Hall–Kier alpha value is -1.52. The fourth-order valence-electron chi connectivity index (χ4n) is 2.83. The van der Waals surface area contributed by atoms with Crippen LogP contribution >= 0.6 is 0 Å². The Balaban J connectivity index is 2.10. The standard InChI is InChI=1S/C14H24N4O/c1-4-10-6-5-7-11(8-10)18-14-12(19-3)13(15-2)16-9-17-14/h9-11H,4-8H2,1-3H3,(H2,15,16,17,18). The fraction of sp³-hybridized carbons (Fsp3) is 0.714. The van der Waals surface area contributed by atoms with Crippen LogP contribution in [0.1, 0.15) is 39.0 Å². The van der Waals surface area contributed by atoms with Gasteiger partial charge in [0.25, 0.3) is 0 Å². The zero-order valence-electron chi connectivity index (χ0n) is 12.1. The van der Waals surface area contributed by atoms with E-state index in [0.29, 0.717) is 11.8 Å². The summed E-state index contributed by atoms with van der Waals surface area (Å²) >= 11 is 0. The maximum Gasteiger partial charge on any atom is 0.204 e. The van der Waals surface area contributed by atoms with E-state index in [0.717, 1.165) is 17.6 Å². The molecule has 0 amide bonds. The highest BCUT2D eigenvalue weighted by molar-refractivity contribution is 5.63. The summed E-state index contributed by atoms with van der Waals surface area (Å²) in [7, 11) is 3.49. The zero-order valence-corrected chi connectivity index (χ0v) is 12.1. The van der Waals surface area contributed by atoms with Crippen molar-refractivity contribution >= 4 is 11.6 Å². The van der Waals surface area contributed by atoms with Gasteiger partial charge in [0.2, 0.25) is 5.75 Å². The first-order chi connectivity index (χ1) is 9.28. The quantitative estimate of drug-likeness (QED) is 0.856. The lowest BCUT2D eigenvalue weighted by Crippen LogP contribution is -2.27. The van der Waals surface area contributed by atoms with Crippen LogP contribution in [0.4, 0.5) is 11.6 Å².